The number of hydrogen-bond donors (Lipinski definition) is 0. The predicted octanol–water partition coefficient (Wildman–Crippen LogP) is 4.91. The fourth-order valence-corrected chi connectivity index (χ4v) is 3.40. The van der Waals surface area contributed by atoms with Crippen LogP contribution < -0.4 is 4.74 Å². The van der Waals surface area contributed by atoms with Gasteiger partial charge < -0.3 is 4.74 Å². The molecule has 7 heteroatoms. The van der Waals surface area contributed by atoms with E-state index < -0.39 is 0 Å². The molecule has 0 N–H and O–H groups in total. The van der Waals surface area contributed by atoms with Gasteiger partial charge in [-0.05, 0) is 62.2 Å². The van der Waals surface area contributed by atoms with E-state index in [1.807, 2.05) is 54.8 Å². The second-order valence-corrected chi connectivity index (χ2v) is 8.05. The summed E-state index contributed by atoms with van der Waals surface area (Å²) in [5.41, 5.74) is 4.81. The van der Waals surface area contributed by atoms with Crippen molar-refractivity contribution in [2.24, 2.45) is 5.92 Å². The standard InChI is InChI=1S/C25H24N6O/c1-16(2)15-32-23-6-5-19(13-21(23)14-26)24-29-30-25(20-7-9-27-17(3)11-20)31(24)22-8-10-28-18(4)12-22/h5-13,16H,15H2,1-4H3. The van der Waals surface area contributed by atoms with Crippen LogP contribution in [0.2, 0.25) is 0 Å². The van der Waals surface area contributed by atoms with Crippen molar-refractivity contribution in [3.8, 4) is 40.3 Å². The molecule has 7 nitrogen and oxygen atoms in total. The highest BCUT2D eigenvalue weighted by Gasteiger charge is 2.19. The molecule has 0 unspecified atom stereocenters. The van der Waals surface area contributed by atoms with Crippen molar-refractivity contribution in [3.63, 3.8) is 0 Å². The van der Waals surface area contributed by atoms with Crippen molar-refractivity contribution in [3.05, 3.63) is 71.8 Å². The zero-order valence-corrected chi connectivity index (χ0v) is 18.6. The number of nitrogens with zero attached hydrogens (tertiary/aromatic N) is 6. The van der Waals surface area contributed by atoms with Gasteiger partial charge in [0.25, 0.3) is 0 Å². The van der Waals surface area contributed by atoms with Crippen LogP contribution in [-0.2, 0) is 0 Å². The van der Waals surface area contributed by atoms with Crippen molar-refractivity contribution < 1.29 is 4.74 Å². The molecule has 0 atom stereocenters. The first-order chi connectivity index (χ1) is 15.5. The average Bonchev–Trinajstić information content (AvgIpc) is 3.23. The molecule has 4 rings (SSSR count). The highest BCUT2D eigenvalue weighted by atomic mass is 16.5. The van der Waals surface area contributed by atoms with Crippen LogP contribution in [0.25, 0.3) is 28.5 Å². The average molecular weight is 425 g/mol. The minimum atomic E-state index is 0.366. The van der Waals surface area contributed by atoms with E-state index in [0.29, 0.717) is 35.5 Å². The normalized spacial score (nSPS) is 10.9. The van der Waals surface area contributed by atoms with Gasteiger partial charge >= 0.3 is 0 Å². The number of ether oxygens (including phenoxy) is 1. The van der Waals surface area contributed by atoms with E-state index in [4.69, 9.17) is 4.74 Å². The molecule has 0 bridgehead atoms. The molecule has 1 aromatic carbocycles. The van der Waals surface area contributed by atoms with Gasteiger partial charge in [0.05, 0.1) is 17.9 Å². The van der Waals surface area contributed by atoms with E-state index in [1.165, 1.54) is 0 Å². The second kappa shape index (κ2) is 8.98. The smallest absolute Gasteiger partial charge is 0.168 e. The zero-order chi connectivity index (χ0) is 22.7. The van der Waals surface area contributed by atoms with Crippen LogP contribution in [0.5, 0.6) is 5.75 Å². The summed E-state index contributed by atoms with van der Waals surface area (Å²) in [7, 11) is 0. The molecule has 4 aromatic rings. The zero-order valence-electron chi connectivity index (χ0n) is 18.6. The van der Waals surface area contributed by atoms with E-state index in [9.17, 15) is 5.26 Å². The minimum absolute atomic E-state index is 0.366. The maximum absolute atomic E-state index is 9.70. The lowest BCUT2D eigenvalue weighted by molar-refractivity contribution is 0.270. The van der Waals surface area contributed by atoms with Gasteiger partial charge in [0.2, 0.25) is 0 Å². The van der Waals surface area contributed by atoms with Crippen molar-refractivity contribution in [1.29, 1.82) is 5.26 Å². The Morgan fingerprint density at radius 1 is 0.906 bits per heavy atom. The third-order valence-corrected chi connectivity index (χ3v) is 4.89. The quantitative estimate of drug-likeness (QED) is 0.437. The Morgan fingerprint density at radius 3 is 2.19 bits per heavy atom. The molecule has 0 amide bonds. The van der Waals surface area contributed by atoms with Gasteiger partial charge in [0, 0.05) is 34.9 Å². The minimum Gasteiger partial charge on any atom is -0.492 e. The van der Waals surface area contributed by atoms with Crippen molar-refractivity contribution >= 4 is 0 Å². The van der Waals surface area contributed by atoms with Gasteiger partial charge in [-0.15, -0.1) is 10.2 Å². The van der Waals surface area contributed by atoms with Gasteiger partial charge in [0.1, 0.15) is 11.8 Å². The largest absolute Gasteiger partial charge is 0.492 e. The lowest BCUT2D eigenvalue weighted by atomic mass is 10.1. The Kier molecular flexibility index (Phi) is 5.95. The summed E-state index contributed by atoms with van der Waals surface area (Å²) in [6, 6.07) is 15.6. The summed E-state index contributed by atoms with van der Waals surface area (Å²) in [5, 5.41) is 18.7. The van der Waals surface area contributed by atoms with Crippen molar-refractivity contribution in [2.45, 2.75) is 27.7 Å². The topological polar surface area (TPSA) is 89.5 Å². The first kappa shape index (κ1) is 21.2. The highest BCUT2D eigenvalue weighted by Crippen LogP contribution is 2.31. The molecule has 0 aliphatic heterocycles. The third-order valence-electron chi connectivity index (χ3n) is 4.89. The fraction of sp³-hybridized carbons (Fsp3) is 0.240. The third kappa shape index (κ3) is 4.35. The summed E-state index contributed by atoms with van der Waals surface area (Å²) in [4.78, 5) is 8.61. The summed E-state index contributed by atoms with van der Waals surface area (Å²) in [6.45, 7) is 8.57. The van der Waals surface area contributed by atoms with Crippen LogP contribution in [0, 0.1) is 31.1 Å². The predicted molar refractivity (Wildman–Crippen MR) is 122 cm³/mol. The van der Waals surface area contributed by atoms with Crippen LogP contribution in [0.4, 0.5) is 0 Å². The molecule has 0 aliphatic carbocycles. The molecule has 3 heterocycles. The molecule has 0 saturated carbocycles. The second-order valence-electron chi connectivity index (χ2n) is 8.05. The Labute approximate surface area is 187 Å². The van der Waals surface area contributed by atoms with Crippen LogP contribution >= 0.6 is 0 Å². The monoisotopic (exact) mass is 424 g/mol. The van der Waals surface area contributed by atoms with Crippen LogP contribution in [0.3, 0.4) is 0 Å². The first-order valence-corrected chi connectivity index (χ1v) is 10.4. The molecule has 0 radical (unpaired) electrons. The number of aryl methyl sites for hydroxylation is 2. The van der Waals surface area contributed by atoms with Crippen LogP contribution in [0.1, 0.15) is 30.8 Å². The molecule has 32 heavy (non-hydrogen) atoms. The SMILES string of the molecule is Cc1cc(-c2nnc(-c3ccc(OCC(C)C)c(C#N)c3)n2-c2ccnc(C)c2)ccn1. The highest BCUT2D eigenvalue weighted by molar-refractivity contribution is 5.68. The molecule has 3 aromatic heterocycles. The lowest BCUT2D eigenvalue weighted by Crippen LogP contribution is -2.06. The van der Waals surface area contributed by atoms with Gasteiger partial charge in [0.15, 0.2) is 11.6 Å². The maximum Gasteiger partial charge on any atom is 0.168 e. The Morgan fingerprint density at radius 2 is 1.56 bits per heavy atom. The number of nitriles is 1. The van der Waals surface area contributed by atoms with Gasteiger partial charge in [-0.25, -0.2) is 0 Å². The van der Waals surface area contributed by atoms with Gasteiger partial charge in [-0.1, -0.05) is 13.8 Å². The van der Waals surface area contributed by atoms with E-state index in [-0.39, 0.29) is 0 Å². The van der Waals surface area contributed by atoms with E-state index in [0.717, 1.165) is 28.2 Å². The molecular weight excluding hydrogens is 400 g/mol. The fourth-order valence-electron chi connectivity index (χ4n) is 3.40. The maximum atomic E-state index is 9.70. The first-order valence-electron chi connectivity index (χ1n) is 10.4. The summed E-state index contributed by atoms with van der Waals surface area (Å²) in [5.74, 6) is 2.26. The number of benzene rings is 1. The Hall–Kier alpha value is -4.05. The summed E-state index contributed by atoms with van der Waals surface area (Å²) >= 11 is 0. The number of rotatable bonds is 6. The summed E-state index contributed by atoms with van der Waals surface area (Å²) in [6.07, 6.45) is 3.52. The number of aromatic nitrogens is 5. The van der Waals surface area contributed by atoms with E-state index >= 15 is 0 Å². The van der Waals surface area contributed by atoms with Crippen LogP contribution in [0.15, 0.2) is 54.9 Å². The van der Waals surface area contributed by atoms with Crippen LogP contribution in [-0.4, -0.2) is 31.3 Å². The molecule has 0 saturated heterocycles. The molecular formula is C25H24N6O. The Bertz CT molecular complexity index is 1300. The molecule has 0 spiro atoms. The molecule has 0 aliphatic rings. The van der Waals surface area contributed by atoms with Gasteiger partial charge in [-0.3, -0.25) is 14.5 Å². The lowest BCUT2D eigenvalue weighted by Gasteiger charge is -2.13. The van der Waals surface area contributed by atoms with E-state index in [1.54, 1.807) is 18.5 Å². The van der Waals surface area contributed by atoms with Crippen molar-refractivity contribution in [2.75, 3.05) is 6.61 Å². The molecule has 160 valence electrons. The Balaban J connectivity index is 1.87. The number of hydrogen-bond acceptors (Lipinski definition) is 6. The number of pyridine rings is 2. The molecule has 0 fully saturated rings. The van der Waals surface area contributed by atoms with E-state index in [2.05, 4.69) is 40.1 Å². The van der Waals surface area contributed by atoms with Crippen molar-refractivity contribution in [1.82, 2.24) is 24.7 Å². The van der Waals surface area contributed by atoms with Gasteiger partial charge in [-0.2, -0.15) is 5.26 Å². The summed E-state index contributed by atoms with van der Waals surface area (Å²) < 4.78 is 7.80.